The van der Waals surface area contributed by atoms with Gasteiger partial charge in [-0.2, -0.15) is 0 Å². The average Bonchev–Trinajstić information content (AvgIpc) is 3.02. The average molecular weight is 522 g/mol. The zero-order valence-electron chi connectivity index (χ0n) is 22.0. The van der Waals surface area contributed by atoms with E-state index in [9.17, 15) is 14.7 Å². The Labute approximate surface area is 221 Å². The first kappa shape index (κ1) is 26.8. The summed E-state index contributed by atoms with van der Waals surface area (Å²) in [6.07, 6.45) is -2.57. The number of amides is 1. The maximum absolute atomic E-state index is 13.9. The molecular weight excluding hydrogens is 490 g/mol. The van der Waals surface area contributed by atoms with Gasteiger partial charge in [0.1, 0.15) is 23.7 Å². The van der Waals surface area contributed by atoms with Gasteiger partial charge < -0.3 is 33.7 Å². The van der Waals surface area contributed by atoms with E-state index >= 15 is 0 Å². The highest BCUT2D eigenvalue weighted by atomic mass is 16.5. The van der Waals surface area contributed by atoms with Crippen molar-refractivity contribution >= 4 is 17.6 Å². The van der Waals surface area contributed by atoms with Crippen LogP contribution in [0, 0.1) is 6.92 Å². The Morgan fingerprint density at radius 1 is 0.921 bits per heavy atom. The van der Waals surface area contributed by atoms with E-state index in [4.69, 9.17) is 23.7 Å². The fraction of sp³-hybridized carbons (Fsp3) is 0.310. The van der Waals surface area contributed by atoms with Crippen LogP contribution in [0.5, 0.6) is 23.0 Å². The van der Waals surface area contributed by atoms with Gasteiger partial charge >= 0.3 is 5.97 Å². The third kappa shape index (κ3) is 5.24. The maximum Gasteiger partial charge on any atom is 0.306 e. The van der Waals surface area contributed by atoms with Crippen LogP contribution in [-0.2, 0) is 20.9 Å². The van der Waals surface area contributed by atoms with E-state index < -0.39 is 30.5 Å². The molecule has 3 aromatic rings. The number of aliphatic carboxylic acids is 1. The molecule has 200 valence electrons. The first-order chi connectivity index (χ1) is 18.3. The fourth-order valence-corrected chi connectivity index (χ4v) is 4.69. The molecule has 2 atom stereocenters. The number of aryl methyl sites for hydroxylation is 1. The van der Waals surface area contributed by atoms with Gasteiger partial charge in [0.05, 0.1) is 47.1 Å². The summed E-state index contributed by atoms with van der Waals surface area (Å²) >= 11 is 0. The Hall–Kier alpha value is -4.24. The molecule has 0 spiro atoms. The fourth-order valence-electron chi connectivity index (χ4n) is 4.69. The van der Waals surface area contributed by atoms with Gasteiger partial charge in [-0.1, -0.05) is 29.8 Å². The highest BCUT2D eigenvalue weighted by molar-refractivity contribution is 5.99. The van der Waals surface area contributed by atoms with Gasteiger partial charge in [-0.25, -0.2) is 0 Å². The summed E-state index contributed by atoms with van der Waals surface area (Å²) in [6, 6.07) is 16.4. The molecule has 3 aromatic carbocycles. The van der Waals surface area contributed by atoms with E-state index in [1.807, 2.05) is 37.3 Å². The number of para-hydroxylation sites is 1. The summed E-state index contributed by atoms with van der Waals surface area (Å²) in [4.78, 5) is 27.3. The molecule has 0 radical (unpaired) electrons. The minimum Gasteiger partial charge on any atom is -0.497 e. The zero-order chi connectivity index (χ0) is 27.4. The first-order valence-corrected chi connectivity index (χ1v) is 12.0. The number of ether oxygens (including phenoxy) is 5. The Kier molecular flexibility index (Phi) is 8.07. The molecule has 1 aliphatic rings. The molecular formula is C29H31NO8. The summed E-state index contributed by atoms with van der Waals surface area (Å²) < 4.78 is 28.4. The Bertz CT molecular complexity index is 1340. The van der Waals surface area contributed by atoms with Crippen LogP contribution in [-0.4, -0.2) is 51.5 Å². The molecule has 0 fully saturated rings. The quantitative estimate of drug-likeness (QED) is 0.438. The SMILES string of the molecule is COc1ccc(CN2C(=O)[C@@H](CC(=O)O)O[C@H](c3cccc(OC)c3OC)c3cc(C)ccc32)c(OC)c1. The second-order valence-electron chi connectivity index (χ2n) is 8.85. The van der Waals surface area contributed by atoms with Crippen LogP contribution in [0.4, 0.5) is 5.69 Å². The molecule has 1 heterocycles. The molecule has 0 unspecified atom stereocenters. The predicted octanol–water partition coefficient (Wildman–Crippen LogP) is 4.53. The number of anilines is 1. The van der Waals surface area contributed by atoms with Gasteiger partial charge in [-0.05, 0) is 31.2 Å². The number of rotatable bonds is 9. The molecule has 4 rings (SSSR count). The summed E-state index contributed by atoms with van der Waals surface area (Å²) in [5, 5.41) is 9.66. The molecule has 1 N–H and O–H groups in total. The number of carbonyl (C=O) groups excluding carboxylic acids is 1. The third-order valence-electron chi connectivity index (χ3n) is 6.50. The molecule has 1 amide bonds. The second kappa shape index (κ2) is 11.4. The van der Waals surface area contributed by atoms with Gasteiger partial charge in [-0.3, -0.25) is 9.59 Å². The van der Waals surface area contributed by atoms with Crippen molar-refractivity contribution in [2.75, 3.05) is 33.3 Å². The van der Waals surface area contributed by atoms with Crippen LogP contribution >= 0.6 is 0 Å². The van der Waals surface area contributed by atoms with Crippen LogP contribution < -0.4 is 23.8 Å². The molecule has 0 saturated heterocycles. The van der Waals surface area contributed by atoms with Crippen molar-refractivity contribution in [1.82, 2.24) is 0 Å². The summed E-state index contributed by atoms with van der Waals surface area (Å²) in [7, 11) is 6.17. The Morgan fingerprint density at radius 3 is 2.34 bits per heavy atom. The Morgan fingerprint density at radius 2 is 1.68 bits per heavy atom. The van der Waals surface area contributed by atoms with Gasteiger partial charge in [-0.15, -0.1) is 0 Å². The van der Waals surface area contributed by atoms with Crippen molar-refractivity contribution in [2.45, 2.75) is 32.1 Å². The van der Waals surface area contributed by atoms with Crippen LogP contribution in [0.3, 0.4) is 0 Å². The molecule has 38 heavy (non-hydrogen) atoms. The molecule has 1 aliphatic heterocycles. The lowest BCUT2D eigenvalue weighted by Gasteiger charge is -2.26. The van der Waals surface area contributed by atoms with Crippen LogP contribution in [0.15, 0.2) is 54.6 Å². The van der Waals surface area contributed by atoms with Crippen molar-refractivity contribution in [3.05, 3.63) is 76.9 Å². The maximum atomic E-state index is 13.9. The van der Waals surface area contributed by atoms with Gasteiger partial charge in [0.25, 0.3) is 5.91 Å². The monoisotopic (exact) mass is 521 g/mol. The largest absolute Gasteiger partial charge is 0.497 e. The number of fused-ring (bicyclic) bond motifs is 1. The predicted molar refractivity (Wildman–Crippen MR) is 140 cm³/mol. The highest BCUT2D eigenvalue weighted by Gasteiger charge is 2.39. The lowest BCUT2D eigenvalue weighted by Crippen LogP contribution is -2.40. The summed E-state index contributed by atoms with van der Waals surface area (Å²) in [5.41, 5.74) is 3.59. The smallest absolute Gasteiger partial charge is 0.306 e. The molecule has 0 saturated carbocycles. The van der Waals surface area contributed by atoms with Gasteiger partial charge in [0, 0.05) is 22.8 Å². The molecule has 0 aromatic heterocycles. The van der Waals surface area contributed by atoms with E-state index in [2.05, 4.69) is 0 Å². The van der Waals surface area contributed by atoms with Crippen molar-refractivity contribution in [1.29, 1.82) is 0 Å². The molecule has 9 heteroatoms. The number of hydrogen-bond acceptors (Lipinski definition) is 7. The molecule has 0 aliphatic carbocycles. The molecule has 9 nitrogen and oxygen atoms in total. The Balaban J connectivity index is 1.91. The topological polar surface area (TPSA) is 104 Å². The number of carboxylic acids is 1. The highest BCUT2D eigenvalue weighted by Crippen LogP contribution is 2.45. The van der Waals surface area contributed by atoms with Gasteiger partial charge in [0.15, 0.2) is 11.5 Å². The minimum atomic E-state index is -1.26. The van der Waals surface area contributed by atoms with E-state index in [0.29, 0.717) is 39.8 Å². The van der Waals surface area contributed by atoms with Crippen LogP contribution in [0.2, 0.25) is 0 Å². The van der Waals surface area contributed by atoms with Crippen molar-refractivity contribution < 1.29 is 38.4 Å². The summed E-state index contributed by atoms with van der Waals surface area (Å²) in [6.45, 7) is 2.07. The first-order valence-electron chi connectivity index (χ1n) is 12.0. The number of hydrogen-bond donors (Lipinski definition) is 1. The van der Waals surface area contributed by atoms with E-state index in [1.54, 1.807) is 43.4 Å². The van der Waals surface area contributed by atoms with Crippen LogP contribution in [0.1, 0.15) is 34.8 Å². The number of nitrogens with zero attached hydrogens (tertiary/aromatic N) is 1. The standard InChI is InChI=1S/C29H31NO8/c1-17-9-12-22-21(13-17)27(20-7-6-8-23(35-3)28(20)37-5)38-25(15-26(31)32)29(33)30(22)16-18-10-11-19(34-2)14-24(18)36-4/h6-14,25,27H,15-16H2,1-5H3,(H,31,32)/t25-,27-/m1/s1. The molecule has 0 bridgehead atoms. The van der Waals surface area contributed by atoms with Crippen molar-refractivity contribution in [3.8, 4) is 23.0 Å². The number of benzene rings is 3. The second-order valence-corrected chi connectivity index (χ2v) is 8.85. The van der Waals surface area contributed by atoms with Crippen molar-refractivity contribution in [2.24, 2.45) is 0 Å². The van der Waals surface area contributed by atoms with Crippen LogP contribution in [0.25, 0.3) is 0 Å². The third-order valence-corrected chi connectivity index (χ3v) is 6.50. The summed E-state index contributed by atoms with van der Waals surface area (Å²) in [5.74, 6) is 0.466. The van der Waals surface area contributed by atoms with E-state index in [0.717, 1.165) is 11.1 Å². The number of carboxylic acid groups (broad SMARTS) is 1. The van der Waals surface area contributed by atoms with E-state index in [-0.39, 0.29) is 6.54 Å². The lowest BCUT2D eigenvalue weighted by molar-refractivity contribution is -0.147. The normalized spacial score (nSPS) is 16.9. The minimum absolute atomic E-state index is 0.128. The van der Waals surface area contributed by atoms with Crippen molar-refractivity contribution in [3.63, 3.8) is 0 Å². The van der Waals surface area contributed by atoms with E-state index in [1.165, 1.54) is 14.2 Å². The zero-order valence-corrected chi connectivity index (χ0v) is 22.0. The number of methoxy groups -OCH3 is 4. The lowest BCUT2D eigenvalue weighted by atomic mass is 9.96. The van der Waals surface area contributed by atoms with Gasteiger partial charge in [0.2, 0.25) is 0 Å². The number of carbonyl (C=O) groups is 2.